The molecule has 0 amide bonds. The standard InChI is InChI=1S/C14H15Cl5N6/c1-5(2)3-6-7(15)4-8(10(20)9(6)16)22-13-24-11(14(17,18)19)23-12(21)25-13/h4-5H,3,20H2,1-2H3,(H3,21,22,23,24,25). The molecule has 2 rings (SSSR count). The second-order valence-corrected chi connectivity index (χ2v) is 8.74. The topological polar surface area (TPSA) is 103 Å². The quantitative estimate of drug-likeness (QED) is 0.447. The molecule has 0 atom stereocenters. The molecule has 0 saturated heterocycles. The highest BCUT2D eigenvalue weighted by molar-refractivity contribution is 6.66. The third-order valence-electron chi connectivity index (χ3n) is 3.12. The highest BCUT2D eigenvalue weighted by atomic mass is 35.6. The Morgan fingerprint density at radius 2 is 1.76 bits per heavy atom. The maximum Gasteiger partial charge on any atom is 0.250 e. The SMILES string of the molecule is CC(C)Cc1c(Cl)cc(Nc2nc(N)nc(C(Cl)(Cl)Cl)n2)c(N)c1Cl. The van der Waals surface area contributed by atoms with Crippen molar-refractivity contribution in [3.8, 4) is 0 Å². The van der Waals surface area contributed by atoms with Crippen LogP contribution in [0.4, 0.5) is 23.3 Å². The fraction of sp³-hybridized carbons (Fsp3) is 0.357. The number of nitrogens with two attached hydrogens (primary N) is 2. The lowest BCUT2D eigenvalue weighted by atomic mass is 10.0. The Balaban J connectivity index is 2.43. The van der Waals surface area contributed by atoms with Crippen molar-refractivity contribution in [2.45, 2.75) is 24.1 Å². The largest absolute Gasteiger partial charge is 0.396 e. The first-order chi connectivity index (χ1) is 11.5. The van der Waals surface area contributed by atoms with Crippen molar-refractivity contribution in [2.24, 2.45) is 5.92 Å². The molecule has 1 heterocycles. The molecule has 6 nitrogen and oxygen atoms in total. The zero-order valence-electron chi connectivity index (χ0n) is 13.2. The fourth-order valence-corrected chi connectivity index (χ4v) is 2.93. The van der Waals surface area contributed by atoms with E-state index in [2.05, 4.69) is 34.1 Å². The van der Waals surface area contributed by atoms with E-state index in [0.29, 0.717) is 33.8 Å². The van der Waals surface area contributed by atoms with Gasteiger partial charge in [0.1, 0.15) is 0 Å². The molecular formula is C14H15Cl5N6. The van der Waals surface area contributed by atoms with Gasteiger partial charge in [-0.05, 0) is 24.0 Å². The zero-order valence-corrected chi connectivity index (χ0v) is 17.0. The molecule has 136 valence electrons. The summed E-state index contributed by atoms with van der Waals surface area (Å²) in [5.41, 5.74) is 13.2. The van der Waals surface area contributed by atoms with Gasteiger partial charge < -0.3 is 16.8 Å². The number of nitrogens with one attached hydrogen (secondary N) is 1. The Hall–Kier alpha value is -0.920. The Labute approximate surface area is 170 Å². The number of nitrogen functional groups attached to an aromatic ring is 2. The van der Waals surface area contributed by atoms with Crippen LogP contribution in [0.1, 0.15) is 25.2 Å². The van der Waals surface area contributed by atoms with E-state index in [1.165, 1.54) is 0 Å². The fourth-order valence-electron chi connectivity index (χ4n) is 2.07. The van der Waals surface area contributed by atoms with Crippen molar-refractivity contribution in [3.05, 3.63) is 27.5 Å². The van der Waals surface area contributed by atoms with Crippen LogP contribution in [-0.4, -0.2) is 15.0 Å². The number of halogens is 5. The molecule has 2 aromatic rings. The molecule has 0 saturated carbocycles. The van der Waals surface area contributed by atoms with Crippen LogP contribution in [0, 0.1) is 5.92 Å². The zero-order chi connectivity index (χ0) is 18.9. The van der Waals surface area contributed by atoms with Gasteiger partial charge >= 0.3 is 0 Å². The summed E-state index contributed by atoms with van der Waals surface area (Å²) >= 11 is 30.0. The van der Waals surface area contributed by atoms with Crippen molar-refractivity contribution in [1.82, 2.24) is 15.0 Å². The van der Waals surface area contributed by atoms with E-state index in [9.17, 15) is 0 Å². The summed E-state index contributed by atoms with van der Waals surface area (Å²) in [6.45, 7) is 4.11. The third-order valence-corrected chi connectivity index (χ3v) is 4.39. The smallest absolute Gasteiger partial charge is 0.250 e. The number of alkyl halides is 3. The van der Waals surface area contributed by atoms with Crippen LogP contribution < -0.4 is 16.8 Å². The molecule has 25 heavy (non-hydrogen) atoms. The number of hydrogen-bond acceptors (Lipinski definition) is 6. The first-order valence-electron chi connectivity index (χ1n) is 7.11. The van der Waals surface area contributed by atoms with Gasteiger partial charge in [0.25, 0.3) is 0 Å². The Bertz CT molecular complexity index is 790. The van der Waals surface area contributed by atoms with Crippen LogP contribution in [-0.2, 0) is 10.2 Å². The average Bonchev–Trinajstić information content (AvgIpc) is 2.47. The second kappa shape index (κ2) is 7.76. The lowest BCUT2D eigenvalue weighted by Gasteiger charge is -2.17. The minimum atomic E-state index is -1.85. The average molecular weight is 445 g/mol. The summed E-state index contributed by atoms with van der Waals surface area (Å²) in [5, 5.41) is 3.71. The summed E-state index contributed by atoms with van der Waals surface area (Å²) in [7, 11) is 0. The van der Waals surface area contributed by atoms with Crippen molar-refractivity contribution in [3.63, 3.8) is 0 Å². The normalized spacial score (nSPS) is 11.8. The van der Waals surface area contributed by atoms with E-state index in [1.807, 2.05) is 0 Å². The van der Waals surface area contributed by atoms with Crippen molar-refractivity contribution < 1.29 is 0 Å². The minimum absolute atomic E-state index is 0.0456. The van der Waals surface area contributed by atoms with Crippen LogP contribution in [0.3, 0.4) is 0 Å². The van der Waals surface area contributed by atoms with Gasteiger partial charge in [0, 0.05) is 5.02 Å². The molecule has 1 aromatic heterocycles. The molecule has 0 aliphatic carbocycles. The summed E-state index contributed by atoms with van der Waals surface area (Å²) in [6, 6.07) is 1.63. The lowest BCUT2D eigenvalue weighted by molar-refractivity contribution is 0.648. The number of hydrogen-bond donors (Lipinski definition) is 3. The molecule has 0 aliphatic heterocycles. The maximum absolute atomic E-state index is 6.36. The summed E-state index contributed by atoms with van der Waals surface area (Å²) in [6.07, 6.45) is 0.693. The molecule has 1 aromatic carbocycles. The Morgan fingerprint density at radius 3 is 2.32 bits per heavy atom. The molecule has 0 unspecified atom stereocenters. The summed E-state index contributed by atoms with van der Waals surface area (Å²) < 4.78 is -1.85. The first-order valence-corrected chi connectivity index (χ1v) is 9.00. The molecule has 0 aliphatic rings. The van der Waals surface area contributed by atoms with E-state index in [-0.39, 0.29) is 17.7 Å². The Kier molecular flexibility index (Phi) is 6.33. The molecule has 5 N–H and O–H groups in total. The maximum atomic E-state index is 6.36. The number of aromatic nitrogens is 3. The second-order valence-electron chi connectivity index (χ2n) is 5.67. The van der Waals surface area contributed by atoms with Gasteiger partial charge in [0.05, 0.1) is 16.4 Å². The molecule has 0 bridgehead atoms. The van der Waals surface area contributed by atoms with Gasteiger partial charge in [-0.15, -0.1) is 0 Å². The predicted octanol–water partition coefficient (Wildman–Crippen LogP) is 5.11. The van der Waals surface area contributed by atoms with E-state index in [1.54, 1.807) is 6.07 Å². The minimum Gasteiger partial charge on any atom is -0.396 e. The van der Waals surface area contributed by atoms with Gasteiger partial charge in [-0.25, -0.2) is 0 Å². The first kappa shape index (κ1) is 20.4. The molecule has 11 heteroatoms. The van der Waals surface area contributed by atoms with Gasteiger partial charge in [-0.3, -0.25) is 0 Å². The highest BCUT2D eigenvalue weighted by Gasteiger charge is 2.28. The number of anilines is 4. The van der Waals surface area contributed by atoms with Crippen LogP contribution >= 0.6 is 58.0 Å². The van der Waals surface area contributed by atoms with E-state index in [4.69, 9.17) is 69.5 Å². The van der Waals surface area contributed by atoms with Crippen LogP contribution in [0.2, 0.25) is 10.0 Å². The monoisotopic (exact) mass is 442 g/mol. The van der Waals surface area contributed by atoms with Gasteiger partial charge in [-0.2, -0.15) is 15.0 Å². The predicted molar refractivity (Wildman–Crippen MR) is 106 cm³/mol. The third kappa shape index (κ3) is 5.05. The van der Waals surface area contributed by atoms with Crippen LogP contribution in [0.5, 0.6) is 0 Å². The van der Waals surface area contributed by atoms with Gasteiger partial charge in [-0.1, -0.05) is 71.9 Å². The van der Waals surface area contributed by atoms with E-state index >= 15 is 0 Å². The van der Waals surface area contributed by atoms with Crippen molar-refractivity contribution >= 4 is 81.3 Å². The summed E-state index contributed by atoms with van der Waals surface area (Å²) in [4.78, 5) is 11.7. The van der Waals surface area contributed by atoms with Crippen molar-refractivity contribution in [2.75, 3.05) is 16.8 Å². The molecule has 0 spiro atoms. The van der Waals surface area contributed by atoms with E-state index in [0.717, 1.165) is 5.56 Å². The number of rotatable bonds is 4. The molecular weight excluding hydrogens is 429 g/mol. The number of nitrogens with zero attached hydrogens (tertiary/aromatic N) is 3. The molecule has 0 radical (unpaired) electrons. The lowest BCUT2D eigenvalue weighted by Crippen LogP contribution is -2.13. The van der Waals surface area contributed by atoms with Gasteiger partial charge in [0.2, 0.25) is 15.7 Å². The van der Waals surface area contributed by atoms with E-state index < -0.39 is 3.79 Å². The van der Waals surface area contributed by atoms with Gasteiger partial charge in [0.15, 0.2) is 5.82 Å². The number of benzene rings is 1. The summed E-state index contributed by atoms with van der Waals surface area (Å²) in [5.74, 6) is 0.165. The van der Waals surface area contributed by atoms with Crippen molar-refractivity contribution in [1.29, 1.82) is 0 Å². The Morgan fingerprint density at radius 1 is 1.12 bits per heavy atom. The highest BCUT2D eigenvalue weighted by Crippen LogP contribution is 2.39. The van der Waals surface area contributed by atoms with Crippen LogP contribution in [0.15, 0.2) is 6.07 Å². The van der Waals surface area contributed by atoms with Crippen LogP contribution in [0.25, 0.3) is 0 Å². The molecule has 0 fully saturated rings.